The van der Waals surface area contributed by atoms with Gasteiger partial charge in [-0.3, -0.25) is 14.6 Å². The molecule has 0 atom stereocenters. The van der Waals surface area contributed by atoms with Gasteiger partial charge in [-0.15, -0.1) is 35.0 Å². The van der Waals surface area contributed by atoms with Crippen molar-refractivity contribution in [1.29, 1.82) is 0 Å². The largest absolute Gasteiger partial charge is 0.512 e. The molecule has 0 aliphatic heterocycles. The molecule has 36 heavy (non-hydrogen) atoms. The first-order chi connectivity index (χ1) is 16.9. The van der Waals surface area contributed by atoms with E-state index in [2.05, 4.69) is 30.3 Å². The van der Waals surface area contributed by atoms with Crippen molar-refractivity contribution >= 4 is 33.2 Å². The summed E-state index contributed by atoms with van der Waals surface area (Å²) >= 11 is 0. The van der Waals surface area contributed by atoms with Gasteiger partial charge in [0.25, 0.3) is 0 Å². The summed E-state index contributed by atoms with van der Waals surface area (Å²) in [5.41, 5.74) is 2.86. The van der Waals surface area contributed by atoms with Crippen LogP contribution < -0.4 is 0 Å². The summed E-state index contributed by atoms with van der Waals surface area (Å²) in [5, 5.41) is 11.8. The molecular formula is C31H34IrNO3-. The molecule has 2 aromatic carbocycles. The summed E-state index contributed by atoms with van der Waals surface area (Å²) in [6.07, 6.45) is 12.4. The van der Waals surface area contributed by atoms with Gasteiger partial charge in [0.15, 0.2) is 11.6 Å². The van der Waals surface area contributed by atoms with Crippen LogP contribution in [0.5, 0.6) is 0 Å². The fourth-order valence-corrected chi connectivity index (χ4v) is 6.81. The van der Waals surface area contributed by atoms with Crippen molar-refractivity contribution in [2.24, 2.45) is 0 Å². The minimum absolute atomic E-state index is 0. The number of benzene rings is 2. The van der Waals surface area contributed by atoms with E-state index in [0.717, 1.165) is 55.1 Å². The summed E-state index contributed by atoms with van der Waals surface area (Å²) < 4.78 is 0. The van der Waals surface area contributed by atoms with Crippen LogP contribution in [-0.4, -0.2) is 21.7 Å². The predicted octanol–water partition coefficient (Wildman–Crippen LogP) is 7.21. The van der Waals surface area contributed by atoms with E-state index in [0.29, 0.717) is 5.78 Å². The Morgan fingerprint density at radius 3 is 2.14 bits per heavy atom. The number of aromatic nitrogens is 1. The van der Waals surface area contributed by atoms with Crippen LogP contribution in [0, 0.1) is 6.07 Å². The Hall–Kier alpha value is -2.36. The van der Waals surface area contributed by atoms with Crippen LogP contribution in [-0.2, 0) is 40.5 Å². The molecule has 2 spiro atoms. The molecule has 5 heteroatoms. The molecule has 1 radical (unpaired) electrons. The molecule has 1 aromatic heterocycles. The standard InChI is InChI=1S/C26H26NO.C5H8O2.Ir/c28-24-25(13-5-1-6-14-25)21-17-19-12-11-18-9-3-4-10-20(18)22(19)27-23(21)26(24)15-7-2-8-16-26;1-4(6)3-5(2)7;/h3-4,9,11-12,17H,1-2,5-8,13-16H2;3,6H,1-2H3;/q-1;;. The number of fused-ring (bicyclic) bond motifs is 6. The summed E-state index contributed by atoms with van der Waals surface area (Å²) in [4.78, 5) is 29.4. The van der Waals surface area contributed by atoms with Gasteiger partial charge >= 0.3 is 0 Å². The van der Waals surface area contributed by atoms with Gasteiger partial charge in [-0.25, -0.2) is 0 Å². The first-order valence-electron chi connectivity index (χ1n) is 13.1. The van der Waals surface area contributed by atoms with Crippen LogP contribution in [0.1, 0.15) is 89.3 Å². The fraction of sp³-hybridized carbons (Fsp3) is 0.452. The van der Waals surface area contributed by atoms with E-state index < -0.39 is 0 Å². The molecule has 0 bridgehead atoms. The van der Waals surface area contributed by atoms with Crippen LogP contribution in [0.15, 0.2) is 48.2 Å². The van der Waals surface area contributed by atoms with E-state index in [-0.39, 0.29) is 42.5 Å². The second-order valence-electron chi connectivity index (χ2n) is 10.7. The first-order valence-corrected chi connectivity index (χ1v) is 13.1. The van der Waals surface area contributed by atoms with Crippen molar-refractivity contribution in [3.05, 3.63) is 65.6 Å². The van der Waals surface area contributed by atoms with Crippen LogP contribution in [0.4, 0.5) is 0 Å². The maximum absolute atomic E-state index is 14.1. The Labute approximate surface area is 226 Å². The molecule has 6 rings (SSSR count). The van der Waals surface area contributed by atoms with Gasteiger partial charge < -0.3 is 5.11 Å². The van der Waals surface area contributed by atoms with Crippen molar-refractivity contribution in [3.63, 3.8) is 0 Å². The zero-order chi connectivity index (χ0) is 24.6. The van der Waals surface area contributed by atoms with Crippen LogP contribution in [0.3, 0.4) is 0 Å². The Bertz CT molecular complexity index is 1330. The summed E-state index contributed by atoms with van der Waals surface area (Å²) in [5.74, 6) is 0.456. The van der Waals surface area contributed by atoms with Gasteiger partial charge in [0, 0.05) is 31.9 Å². The van der Waals surface area contributed by atoms with Gasteiger partial charge in [0.1, 0.15) is 0 Å². The van der Waals surface area contributed by atoms with Gasteiger partial charge in [0.2, 0.25) is 0 Å². The fourth-order valence-electron chi connectivity index (χ4n) is 6.81. The zero-order valence-corrected chi connectivity index (χ0v) is 23.6. The smallest absolute Gasteiger partial charge is 0.155 e. The average molecular weight is 661 g/mol. The monoisotopic (exact) mass is 661 g/mol. The molecular weight excluding hydrogens is 627 g/mol. The average Bonchev–Trinajstić information content (AvgIpc) is 3.03. The van der Waals surface area contributed by atoms with Crippen molar-refractivity contribution in [1.82, 2.24) is 4.98 Å². The molecule has 4 nitrogen and oxygen atoms in total. The van der Waals surface area contributed by atoms with Crippen molar-refractivity contribution in [2.45, 2.75) is 88.9 Å². The number of Topliss-reactive ketones (excluding diaryl/α,β-unsaturated/α-hetero) is 1. The summed E-state index contributed by atoms with van der Waals surface area (Å²) in [6.45, 7) is 2.85. The number of hydrogen-bond donors (Lipinski definition) is 1. The van der Waals surface area contributed by atoms with Crippen LogP contribution >= 0.6 is 0 Å². The number of carbonyl (C=O) groups excluding carboxylic acids is 2. The molecule has 2 saturated carbocycles. The number of aliphatic hydroxyl groups excluding tert-OH is 1. The van der Waals surface area contributed by atoms with E-state index in [9.17, 15) is 9.59 Å². The minimum atomic E-state index is -0.323. The zero-order valence-electron chi connectivity index (χ0n) is 21.2. The SMILES string of the molecule is CC(=O)C=C(C)O.O=C1C2(CCCCC2)c2cc3ccc4ccc[c-]c4c3nc2C12CCCCC2.[Ir]. The van der Waals surface area contributed by atoms with E-state index in [4.69, 9.17) is 10.1 Å². The number of aliphatic hydroxyl groups is 1. The van der Waals surface area contributed by atoms with Crippen molar-refractivity contribution in [2.75, 3.05) is 0 Å². The van der Waals surface area contributed by atoms with E-state index >= 15 is 0 Å². The molecule has 1 N–H and O–H groups in total. The molecule has 191 valence electrons. The summed E-state index contributed by atoms with van der Waals surface area (Å²) in [6, 6.07) is 16.2. The number of rotatable bonds is 1. The maximum Gasteiger partial charge on any atom is 0.155 e. The van der Waals surface area contributed by atoms with E-state index in [1.54, 1.807) is 0 Å². The Balaban J connectivity index is 0.000000338. The molecule has 3 aliphatic carbocycles. The van der Waals surface area contributed by atoms with E-state index in [1.165, 1.54) is 61.9 Å². The quantitative estimate of drug-likeness (QED) is 0.130. The number of nitrogens with zero attached hydrogens (tertiary/aromatic N) is 1. The molecule has 2 fully saturated rings. The molecule has 3 aliphatic rings. The third-order valence-electron chi connectivity index (χ3n) is 8.28. The third kappa shape index (κ3) is 4.46. The number of allylic oxidation sites excluding steroid dienone is 2. The molecule has 0 amide bonds. The molecule has 0 unspecified atom stereocenters. The Morgan fingerprint density at radius 2 is 1.56 bits per heavy atom. The number of carbonyl (C=O) groups is 2. The van der Waals surface area contributed by atoms with Gasteiger partial charge in [0.05, 0.1) is 16.6 Å². The number of hydrogen-bond acceptors (Lipinski definition) is 4. The molecule has 0 saturated heterocycles. The molecule has 1 heterocycles. The normalized spacial score (nSPS) is 20.1. The van der Waals surface area contributed by atoms with Crippen molar-refractivity contribution < 1.29 is 34.8 Å². The third-order valence-corrected chi connectivity index (χ3v) is 8.28. The van der Waals surface area contributed by atoms with Gasteiger partial charge in [-0.2, -0.15) is 0 Å². The minimum Gasteiger partial charge on any atom is -0.512 e. The number of ketones is 2. The predicted molar refractivity (Wildman–Crippen MR) is 140 cm³/mol. The molecule has 3 aromatic rings. The van der Waals surface area contributed by atoms with Crippen LogP contribution in [0.25, 0.3) is 21.7 Å². The second kappa shape index (κ2) is 10.6. The topological polar surface area (TPSA) is 67.3 Å². The second-order valence-corrected chi connectivity index (χ2v) is 10.7. The first kappa shape index (κ1) is 26.7. The van der Waals surface area contributed by atoms with Gasteiger partial charge in [-0.05, 0) is 56.0 Å². The summed E-state index contributed by atoms with van der Waals surface area (Å²) in [7, 11) is 0. The Morgan fingerprint density at radius 1 is 0.944 bits per heavy atom. The number of pyridine rings is 1. The maximum atomic E-state index is 14.1. The van der Waals surface area contributed by atoms with E-state index in [1.807, 2.05) is 12.1 Å². The van der Waals surface area contributed by atoms with Crippen LogP contribution in [0.2, 0.25) is 0 Å². The van der Waals surface area contributed by atoms with Crippen molar-refractivity contribution in [3.8, 4) is 0 Å². The van der Waals surface area contributed by atoms with Gasteiger partial charge in [-0.1, -0.05) is 56.7 Å². The Kier molecular flexibility index (Phi) is 7.83.